The first-order valence-corrected chi connectivity index (χ1v) is 12.0. The van der Waals surface area contributed by atoms with Gasteiger partial charge in [-0.15, -0.1) is 0 Å². The van der Waals surface area contributed by atoms with Crippen molar-refractivity contribution in [3.63, 3.8) is 0 Å². The molecule has 0 radical (unpaired) electrons. The highest BCUT2D eigenvalue weighted by atomic mass is 31.2. The van der Waals surface area contributed by atoms with Crippen LogP contribution in [-0.4, -0.2) is 51.0 Å². The number of aliphatic carboxylic acids is 1. The van der Waals surface area contributed by atoms with E-state index in [1.54, 1.807) is 0 Å². The number of allylic oxidation sites excluding steroid dienone is 1. The number of carboxylic acids is 1. The van der Waals surface area contributed by atoms with Gasteiger partial charge in [-0.25, -0.2) is 4.79 Å². The van der Waals surface area contributed by atoms with E-state index in [2.05, 4.69) is 13.6 Å². The van der Waals surface area contributed by atoms with Gasteiger partial charge in [0, 0.05) is 0 Å². The highest BCUT2D eigenvalue weighted by Crippen LogP contribution is 2.69. The maximum atomic E-state index is 12.4. The molecule has 4 N–H and O–H groups in total. The molecule has 0 spiro atoms. The second-order valence-corrected chi connectivity index (χ2v) is 10.6. The molecule has 0 aliphatic heterocycles. The SMILES string of the molecule is CCOP(=O)(O)C(C(=O)O)=C(C)C(P(=O)(O)OCC)P(=O)(O)OCC. The number of rotatable bonds is 11. The van der Waals surface area contributed by atoms with Crippen molar-refractivity contribution < 1.29 is 51.8 Å². The molecule has 0 saturated carbocycles. The first-order valence-electron chi connectivity index (χ1n) is 7.14. The summed E-state index contributed by atoms with van der Waals surface area (Å²) in [5.41, 5.74) is -0.814. The van der Waals surface area contributed by atoms with Crippen molar-refractivity contribution in [1.29, 1.82) is 0 Å². The van der Waals surface area contributed by atoms with Gasteiger partial charge in [0.1, 0.15) is 5.31 Å². The molecular formula is C11H23O11P3. The predicted octanol–water partition coefficient (Wildman–Crippen LogP) is 2.34. The summed E-state index contributed by atoms with van der Waals surface area (Å²) in [6.45, 7) is 3.83. The van der Waals surface area contributed by atoms with E-state index in [9.17, 15) is 38.3 Å². The van der Waals surface area contributed by atoms with Crippen molar-refractivity contribution in [3.05, 3.63) is 10.9 Å². The van der Waals surface area contributed by atoms with Crippen LogP contribution in [0, 0.1) is 0 Å². The van der Waals surface area contributed by atoms with Crippen molar-refractivity contribution >= 4 is 28.8 Å². The van der Waals surface area contributed by atoms with Gasteiger partial charge in [0.25, 0.3) is 0 Å². The summed E-state index contributed by atoms with van der Waals surface area (Å²) in [6.07, 6.45) is 0. The third-order valence-electron chi connectivity index (χ3n) is 2.80. The maximum Gasteiger partial charge on any atom is 0.366 e. The highest BCUT2D eigenvalue weighted by molar-refractivity contribution is 7.72. The maximum absolute atomic E-state index is 12.4. The zero-order valence-electron chi connectivity index (χ0n) is 14.2. The second-order valence-electron chi connectivity index (χ2n) is 4.61. The molecule has 0 bridgehead atoms. The lowest BCUT2D eigenvalue weighted by Gasteiger charge is -2.28. The molecule has 0 aliphatic carbocycles. The number of carbonyl (C=O) groups is 1. The van der Waals surface area contributed by atoms with E-state index in [4.69, 9.17) is 0 Å². The summed E-state index contributed by atoms with van der Waals surface area (Å²) >= 11 is 0. The first-order chi connectivity index (χ1) is 11.3. The predicted molar refractivity (Wildman–Crippen MR) is 88.5 cm³/mol. The molecule has 3 atom stereocenters. The smallest absolute Gasteiger partial charge is 0.366 e. The molecule has 148 valence electrons. The van der Waals surface area contributed by atoms with Crippen LogP contribution >= 0.6 is 22.8 Å². The van der Waals surface area contributed by atoms with Crippen molar-refractivity contribution in [2.75, 3.05) is 19.8 Å². The fourth-order valence-electron chi connectivity index (χ4n) is 2.06. The fraction of sp³-hybridized carbons (Fsp3) is 0.727. The van der Waals surface area contributed by atoms with Crippen LogP contribution in [0.2, 0.25) is 0 Å². The van der Waals surface area contributed by atoms with E-state index in [-0.39, 0.29) is 19.8 Å². The van der Waals surface area contributed by atoms with Crippen molar-refractivity contribution in [3.8, 4) is 0 Å². The van der Waals surface area contributed by atoms with E-state index in [0.29, 0.717) is 0 Å². The first kappa shape index (κ1) is 24.7. The Balaban J connectivity index is 6.69. The van der Waals surface area contributed by atoms with Gasteiger partial charge in [0.15, 0.2) is 5.40 Å². The number of hydrogen-bond donors (Lipinski definition) is 4. The number of carboxylic acid groups (broad SMARTS) is 1. The Labute approximate surface area is 145 Å². The van der Waals surface area contributed by atoms with Gasteiger partial charge in [-0.3, -0.25) is 13.7 Å². The van der Waals surface area contributed by atoms with Crippen LogP contribution in [0.3, 0.4) is 0 Å². The average molecular weight is 424 g/mol. The Morgan fingerprint density at radius 3 is 1.52 bits per heavy atom. The molecule has 0 fully saturated rings. The minimum absolute atomic E-state index is 0.339. The van der Waals surface area contributed by atoms with Gasteiger partial charge < -0.3 is 33.4 Å². The molecule has 11 nitrogen and oxygen atoms in total. The summed E-state index contributed by atoms with van der Waals surface area (Å²) in [5, 5.41) is 5.59. The van der Waals surface area contributed by atoms with Crippen molar-refractivity contribution in [2.45, 2.75) is 33.1 Å². The minimum atomic E-state index is -4.94. The second kappa shape index (κ2) is 9.55. The molecule has 0 aromatic heterocycles. The summed E-state index contributed by atoms with van der Waals surface area (Å²) in [5.74, 6) is -1.95. The Morgan fingerprint density at radius 2 is 1.24 bits per heavy atom. The van der Waals surface area contributed by atoms with Crippen LogP contribution in [0.15, 0.2) is 10.9 Å². The lowest BCUT2D eigenvalue weighted by Crippen LogP contribution is -2.19. The van der Waals surface area contributed by atoms with E-state index in [1.165, 1.54) is 20.8 Å². The van der Waals surface area contributed by atoms with Crippen LogP contribution in [0.25, 0.3) is 0 Å². The molecule has 0 saturated heterocycles. The Morgan fingerprint density at radius 1 is 0.880 bits per heavy atom. The molecule has 0 aromatic carbocycles. The molecule has 0 amide bonds. The van der Waals surface area contributed by atoms with Gasteiger partial charge in [-0.2, -0.15) is 0 Å². The van der Waals surface area contributed by atoms with Crippen LogP contribution in [0.4, 0.5) is 0 Å². The van der Waals surface area contributed by atoms with Crippen LogP contribution in [0.5, 0.6) is 0 Å². The van der Waals surface area contributed by atoms with Crippen LogP contribution < -0.4 is 0 Å². The third kappa shape index (κ3) is 6.40. The zero-order valence-corrected chi connectivity index (χ0v) is 16.9. The summed E-state index contributed by atoms with van der Waals surface area (Å²) < 4.78 is 50.6. The Kier molecular flexibility index (Phi) is 9.42. The molecule has 0 rings (SSSR count). The van der Waals surface area contributed by atoms with Crippen LogP contribution in [-0.2, 0) is 32.1 Å². The molecule has 25 heavy (non-hydrogen) atoms. The topological polar surface area (TPSA) is 177 Å². The molecule has 14 heteroatoms. The summed E-state index contributed by atoms with van der Waals surface area (Å²) in [4.78, 5) is 41.3. The molecule has 3 unspecified atom stereocenters. The summed E-state index contributed by atoms with van der Waals surface area (Å²) in [7, 11) is -14.8. The lowest BCUT2D eigenvalue weighted by atomic mass is 10.3. The largest absolute Gasteiger partial charge is 0.477 e. The highest BCUT2D eigenvalue weighted by Gasteiger charge is 2.51. The normalized spacial score (nSPS) is 21.4. The summed E-state index contributed by atoms with van der Waals surface area (Å²) in [6, 6.07) is 0. The van der Waals surface area contributed by atoms with Gasteiger partial charge in [0.2, 0.25) is 0 Å². The van der Waals surface area contributed by atoms with Crippen LogP contribution in [0.1, 0.15) is 27.7 Å². The molecule has 0 aromatic rings. The van der Waals surface area contributed by atoms with Gasteiger partial charge >= 0.3 is 28.8 Å². The molecule has 0 aliphatic rings. The van der Waals surface area contributed by atoms with E-state index < -0.39 is 45.0 Å². The lowest BCUT2D eigenvalue weighted by molar-refractivity contribution is -0.132. The standard InChI is InChI=1S/C11H23O11P3/c1-5-20-23(14,15)9(10(12)13)8(4)11(24(16,17)21-6-2)25(18,19)22-7-3/h11H,5-7H2,1-4H3,(H,12,13)(H,14,15)(H,16,17)(H,18,19). The van der Waals surface area contributed by atoms with Crippen molar-refractivity contribution in [1.82, 2.24) is 0 Å². The van der Waals surface area contributed by atoms with Gasteiger partial charge in [0.05, 0.1) is 19.8 Å². The van der Waals surface area contributed by atoms with Gasteiger partial charge in [-0.05, 0) is 33.3 Å². The minimum Gasteiger partial charge on any atom is -0.477 e. The molecular weight excluding hydrogens is 401 g/mol. The quantitative estimate of drug-likeness (QED) is 0.283. The van der Waals surface area contributed by atoms with E-state index >= 15 is 0 Å². The van der Waals surface area contributed by atoms with E-state index in [1.807, 2.05) is 0 Å². The third-order valence-corrected chi connectivity index (χ3v) is 9.53. The van der Waals surface area contributed by atoms with E-state index in [0.717, 1.165) is 6.92 Å². The average Bonchev–Trinajstić information content (AvgIpc) is 2.35. The Bertz CT molecular complexity index is 630. The Hall–Kier alpha value is -0.340. The fourth-order valence-corrected chi connectivity index (χ4v) is 7.69. The van der Waals surface area contributed by atoms with Crippen molar-refractivity contribution in [2.24, 2.45) is 0 Å². The monoisotopic (exact) mass is 424 g/mol. The zero-order chi connectivity index (χ0) is 20.1. The van der Waals surface area contributed by atoms with Gasteiger partial charge in [-0.1, -0.05) is 0 Å². The number of hydrogen-bond acceptors (Lipinski definition) is 7. The molecule has 0 heterocycles.